The molecule has 3 aromatic carbocycles. The Labute approximate surface area is 235 Å². The van der Waals surface area contributed by atoms with E-state index in [9.17, 15) is 9.59 Å². The van der Waals surface area contributed by atoms with Crippen molar-refractivity contribution in [1.29, 1.82) is 0 Å². The Morgan fingerprint density at radius 3 is 2.42 bits per heavy atom. The quantitative estimate of drug-likeness (QED) is 0.259. The lowest BCUT2D eigenvalue weighted by atomic mass is 10.00. The molecule has 0 radical (unpaired) electrons. The third kappa shape index (κ3) is 6.81. The summed E-state index contributed by atoms with van der Waals surface area (Å²) in [6, 6.07) is 20.4. The maximum absolute atomic E-state index is 13.6. The fourth-order valence-corrected chi connectivity index (χ4v) is 4.51. The van der Waals surface area contributed by atoms with E-state index in [1.807, 2.05) is 96.1 Å². The molecule has 0 saturated heterocycles. The van der Waals surface area contributed by atoms with E-state index in [1.54, 1.807) is 18.1 Å². The van der Waals surface area contributed by atoms with Gasteiger partial charge < -0.3 is 19.7 Å². The molecule has 0 bridgehead atoms. The van der Waals surface area contributed by atoms with Gasteiger partial charge in [-0.25, -0.2) is 4.79 Å². The summed E-state index contributed by atoms with van der Waals surface area (Å²) >= 11 is 0. The van der Waals surface area contributed by atoms with E-state index in [4.69, 9.17) is 9.47 Å². The van der Waals surface area contributed by atoms with Gasteiger partial charge in [0.05, 0.1) is 24.4 Å². The first kappa shape index (κ1) is 28.7. The average Bonchev–Trinajstić information content (AvgIpc) is 3.29. The number of hydrogen-bond acceptors (Lipinski definition) is 5. The van der Waals surface area contributed by atoms with Crippen LogP contribution in [0.1, 0.15) is 62.3 Å². The van der Waals surface area contributed by atoms with Crippen LogP contribution in [0.4, 0.5) is 4.79 Å². The summed E-state index contributed by atoms with van der Waals surface area (Å²) < 4.78 is 11.1. The molecule has 0 aliphatic heterocycles. The first-order valence-corrected chi connectivity index (χ1v) is 13.4. The number of ether oxygens (including phenoxy) is 2. The molecule has 8 nitrogen and oxygen atoms in total. The number of aromatic nitrogens is 2. The van der Waals surface area contributed by atoms with Gasteiger partial charge in [-0.15, -0.1) is 0 Å². The third-order valence-electron chi connectivity index (χ3n) is 6.64. The van der Waals surface area contributed by atoms with Gasteiger partial charge >= 0.3 is 6.09 Å². The van der Waals surface area contributed by atoms with Crippen LogP contribution >= 0.6 is 0 Å². The second-order valence-corrected chi connectivity index (χ2v) is 11.2. The first-order chi connectivity index (χ1) is 18.9. The number of carbonyl (C=O) groups excluding carboxylic acids is 2. The summed E-state index contributed by atoms with van der Waals surface area (Å²) in [5.41, 5.74) is 4.50. The fourth-order valence-electron chi connectivity index (χ4n) is 4.51. The van der Waals surface area contributed by atoms with Gasteiger partial charge in [0.15, 0.2) is 0 Å². The van der Waals surface area contributed by atoms with Crippen molar-refractivity contribution in [3.63, 3.8) is 0 Å². The van der Waals surface area contributed by atoms with Crippen LogP contribution in [-0.4, -0.2) is 52.4 Å². The molecule has 1 aromatic heterocycles. The topological polar surface area (TPSA) is 96.5 Å². The number of aryl methyl sites for hydroxylation is 1. The maximum atomic E-state index is 13.6. The summed E-state index contributed by atoms with van der Waals surface area (Å²) in [5.74, 6) is 0.417. The number of nitrogens with one attached hydrogen (secondary N) is 2. The number of methoxy groups -OCH3 is 1. The lowest BCUT2D eigenvalue weighted by Crippen LogP contribution is -2.46. The number of hydrogen-bond donors (Lipinski definition) is 2. The van der Waals surface area contributed by atoms with E-state index >= 15 is 0 Å². The van der Waals surface area contributed by atoms with Crippen LogP contribution in [0.15, 0.2) is 66.7 Å². The van der Waals surface area contributed by atoms with Crippen LogP contribution in [0.25, 0.3) is 22.0 Å². The van der Waals surface area contributed by atoms with Gasteiger partial charge in [0.25, 0.3) is 5.91 Å². The number of benzene rings is 3. The predicted molar refractivity (Wildman–Crippen MR) is 158 cm³/mol. The van der Waals surface area contributed by atoms with Crippen LogP contribution < -0.4 is 10.1 Å². The summed E-state index contributed by atoms with van der Waals surface area (Å²) in [7, 11) is 1.60. The molecule has 0 spiro atoms. The molecule has 210 valence electrons. The number of fused-ring (bicyclic) bond motifs is 1. The Morgan fingerprint density at radius 2 is 1.73 bits per heavy atom. The smallest absolute Gasteiger partial charge is 0.410 e. The van der Waals surface area contributed by atoms with Crippen molar-refractivity contribution >= 4 is 22.9 Å². The normalized spacial score (nSPS) is 12.3. The van der Waals surface area contributed by atoms with Crippen molar-refractivity contribution in [2.24, 2.45) is 0 Å². The van der Waals surface area contributed by atoms with E-state index in [0.717, 1.165) is 33.3 Å². The van der Waals surface area contributed by atoms with E-state index < -0.39 is 17.7 Å². The minimum absolute atomic E-state index is 0.149. The standard InChI is InChI=1S/C32H38N4O4/c1-20(2)36(31(38)40-32(4,5)6)19-29(24-11-9-13-26(17-24)39-7)33-30(37)25-12-8-10-22(16-25)23-14-15-28-27(18-23)21(3)34-35-28/h8-18,20,29H,19H2,1-7H3,(H,33,37)(H,34,35). The van der Waals surface area contributed by atoms with Crippen LogP contribution in [-0.2, 0) is 4.74 Å². The molecule has 0 aliphatic carbocycles. The molecule has 0 aliphatic rings. The fraction of sp³-hybridized carbons (Fsp3) is 0.344. The van der Waals surface area contributed by atoms with Crippen LogP contribution in [0.2, 0.25) is 0 Å². The Hall–Kier alpha value is -4.33. The van der Waals surface area contributed by atoms with Gasteiger partial charge in [-0.3, -0.25) is 9.89 Å². The molecule has 1 heterocycles. The largest absolute Gasteiger partial charge is 0.497 e. The molecule has 8 heteroatoms. The average molecular weight is 543 g/mol. The zero-order chi connectivity index (χ0) is 29.0. The minimum atomic E-state index is -0.641. The Bertz CT molecular complexity index is 1500. The van der Waals surface area contributed by atoms with Crippen LogP contribution in [0.5, 0.6) is 5.75 Å². The highest BCUT2D eigenvalue weighted by atomic mass is 16.6. The lowest BCUT2D eigenvalue weighted by Gasteiger charge is -2.33. The number of H-pyrrole nitrogens is 1. The molecular weight excluding hydrogens is 504 g/mol. The van der Waals surface area contributed by atoms with E-state index in [-0.39, 0.29) is 18.5 Å². The first-order valence-electron chi connectivity index (χ1n) is 13.4. The molecule has 0 fully saturated rings. The lowest BCUT2D eigenvalue weighted by molar-refractivity contribution is 0.0168. The van der Waals surface area contributed by atoms with Crippen molar-refractivity contribution in [2.45, 2.75) is 59.2 Å². The minimum Gasteiger partial charge on any atom is -0.497 e. The monoisotopic (exact) mass is 542 g/mol. The zero-order valence-corrected chi connectivity index (χ0v) is 24.2. The van der Waals surface area contributed by atoms with Gasteiger partial charge in [0, 0.05) is 23.5 Å². The van der Waals surface area contributed by atoms with Gasteiger partial charge in [-0.05, 0) is 94.6 Å². The molecular formula is C32H38N4O4. The predicted octanol–water partition coefficient (Wildman–Crippen LogP) is 6.66. The Balaban J connectivity index is 1.64. The van der Waals surface area contributed by atoms with Crippen molar-refractivity contribution in [3.05, 3.63) is 83.6 Å². The zero-order valence-electron chi connectivity index (χ0n) is 24.2. The second-order valence-electron chi connectivity index (χ2n) is 11.2. The molecule has 1 unspecified atom stereocenters. The van der Waals surface area contributed by atoms with Crippen molar-refractivity contribution in [2.75, 3.05) is 13.7 Å². The molecule has 4 aromatic rings. The van der Waals surface area contributed by atoms with Crippen molar-refractivity contribution in [3.8, 4) is 16.9 Å². The van der Waals surface area contributed by atoms with Gasteiger partial charge in [-0.1, -0.05) is 30.3 Å². The van der Waals surface area contributed by atoms with Crippen LogP contribution in [0, 0.1) is 6.92 Å². The molecule has 0 saturated carbocycles. The summed E-state index contributed by atoms with van der Waals surface area (Å²) in [4.78, 5) is 28.4. The van der Waals surface area contributed by atoms with E-state index in [0.29, 0.717) is 11.3 Å². The highest BCUT2D eigenvalue weighted by Gasteiger charge is 2.28. The molecule has 2 amide bonds. The molecule has 40 heavy (non-hydrogen) atoms. The summed E-state index contributed by atoms with van der Waals surface area (Å²) in [5, 5.41) is 11.5. The highest BCUT2D eigenvalue weighted by Crippen LogP contribution is 2.27. The maximum Gasteiger partial charge on any atom is 0.410 e. The highest BCUT2D eigenvalue weighted by molar-refractivity contribution is 5.96. The van der Waals surface area contributed by atoms with E-state index in [2.05, 4.69) is 21.6 Å². The van der Waals surface area contributed by atoms with Gasteiger partial charge in [-0.2, -0.15) is 5.10 Å². The summed E-state index contributed by atoms with van der Waals surface area (Å²) in [6.45, 7) is 11.5. The molecule has 1 atom stereocenters. The van der Waals surface area contributed by atoms with Crippen molar-refractivity contribution in [1.82, 2.24) is 20.4 Å². The third-order valence-corrected chi connectivity index (χ3v) is 6.64. The SMILES string of the molecule is COc1cccc(C(CN(C(=O)OC(C)(C)C)C(C)C)NC(=O)c2cccc(-c3ccc4[nH]nc(C)c4c3)c2)c1. The summed E-state index contributed by atoms with van der Waals surface area (Å²) in [6.07, 6.45) is -0.434. The Morgan fingerprint density at radius 1 is 1.00 bits per heavy atom. The number of amides is 2. The van der Waals surface area contributed by atoms with Crippen LogP contribution in [0.3, 0.4) is 0 Å². The van der Waals surface area contributed by atoms with Gasteiger partial charge in [0.2, 0.25) is 0 Å². The van der Waals surface area contributed by atoms with Crippen molar-refractivity contribution < 1.29 is 19.1 Å². The Kier molecular flexibility index (Phi) is 8.47. The molecule has 2 N–H and O–H groups in total. The molecule has 4 rings (SSSR count). The number of rotatable bonds is 8. The number of carbonyl (C=O) groups is 2. The second kappa shape index (κ2) is 11.8. The van der Waals surface area contributed by atoms with E-state index in [1.165, 1.54) is 0 Å². The number of nitrogens with zero attached hydrogens (tertiary/aromatic N) is 2. The van der Waals surface area contributed by atoms with Gasteiger partial charge in [0.1, 0.15) is 11.4 Å². The number of aromatic amines is 1.